The van der Waals surface area contributed by atoms with Crippen LogP contribution in [0.15, 0.2) is 42.5 Å². The van der Waals surface area contributed by atoms with E-state index in [2.05, 4.69) is 0 Å². The second-order valence-electron chi connectivity index (χ2n) is 7.28. The van der Waals surface area contributed by atoms with E-state index in [-0.39, 0.29) is 24.3 Å². The highest BCUT2D eigenvalue weighted by Crippen LogP contribution is 2.55. The fraction of sp³-hybridized carbons (Fsp3) is 0.333. The molecule has 1 spiro atoms. The number of anilines is 1. The lowest BCUT2D eigenvalue weighted by molar-refractivity contribution is -0.142. The van der Waals surface area contributed by atoms with Gasteiger partial charge >= 0.3 is 0 Å². The van der Waals surface area contributed by atoms with Crippen LogP contribution in [-0.2, 0) is 21.0 Å². The average molecular weight is 419 g/mol. The van der Waals surface area contributed by atoms with Crippen LogP contribution in [0.3, 0.4) is 0 Å². The van der Waals surface area contributed by atoms with Crippen molar-refractivity contribution in [3.05, 3.63) is 64.4 Å². The first-order chi connectivity index (χ1) is 13.4. The summed E-state index contributed by atoms with van der Waals surface area (Å²) in [5.41, 5.74) is 1.97. The summed E-state index contributed by atoms with van der Waals surface area (Å²) in [5, 5.41) is 0.564. The molecule has 0 unspecified atom stereocenters. The zero-order chi connectivity index (χ0) is 20.1. The predicted molar refractivity (Wildman–Crippen MR) is 110 cm³/mol. The zero-order valence-corrected chi connectivity index (χ0v) is 17.2. The molecule has 2 amide bonds. The molecule has 28 heavy (non-hydrogen) atoms. The maximum Gasteiger partial charge on any atom is 0.268 e. The summed E-state index contributed by atoms with van der Waals surface area (Å²) in [6, 6.07) is 11.7. The Morgan fingerprint density at radius 3 is 2.75 bits per heavy atom. The van der Waals surface area contributed by atoms with Crippen LogP contribution >= 0.6 is 23.4 Å². The maximum absolute atomic E-state index is 14.2. The van der Waals surface area contributed by atoms with Crippen molar-refractivity contribution >= 4 is 40.9 Å². The summed E-state index contributed by atoms with van der Waals surface area (Å²) in [7, 11) is 0. The zero-order valence-electron chi connectivity index (χ0n) is 15.6. The summed E-state index contributed by atoms with van der Waals surface area (Å²) < 4.78 is 14.2. The number of nitrogens with zero attached hydrogens (tertiary/aromatic N) is 2. The average Bonchev–Trinajstić information content (AvgIpc) is 3.20. The van der Waals surface area contributed by atoms with Gasteiger partial charge in [0, 0.05) is 28.8 Å². The molecule has 2 aromatic rings. The van der Waals surface area contributed by atoms with E-state index < -0.39 is 10.7 Å². The Balaban J connectivity index is 1.84. The Bertz CT molecular complexity index is 967. The molecule has 1 saturated heterocycles. The van der Waals surface area contributed by atoms with Crippen molar-refractivity contribution in [2.24, 2.45) is 5.92 Å². The molecule has 0 bridgehead atoms. The van der Waals surface area contributed by atoms with E-state index in [4.69, 9.17) is 11.6 Å². The van der Waals surface area contributed by atoms with Crippen molar-refractivity contribution in [2.75, 3.05) is 17.2 Å². The Morgan fingerprint density at radius 1 is 1.29 bits per heavy atom. The number of hydrogen-bond donors (Lipinski definition) is 0. The van der Waals surface area contributed by atoms with Gasteiger partial charge in [0.1, 0.15) is 5.82 Å². The third kappa shape index (κ3) is 2.81. The van der Waals surface area contributed by atoms with Crippen LogP contribution in [0.25, 0.3) is 0 Å². The van der Waals surface area contributed by atoms with Crippen LogP contribution in [0, 0.1) is 11.7 Å². The van der Waals surface area contributed by atoms with E-state index in [0.717, 1.165) is 5.56 Å². The van der Waals surface area contributed by atoms with Gasteiger partial charge in [0.2, 0.25) is 5.91 Å². The summed E-state index contributed by atoms with van der Waals surface area (Å²) >= 11 is 7.71. The largest absolute Gasteiger partial charge is 0.315 e. The van der Waals surface area contributed by atoms with Gasteiger partial charge in [-0.25, -0.2) is 4.39 Å². The molecule has 2 aromatic carbocycles. The molecule has 2 aliphatic rings. The molecule has 146 valence electrons. The molecular weight excluding hydrogens is 399 g/mol. The number of fused-ring (bicyclic) bond motifs is 2. The fourth-order valence-electron chi connectivity index (χ4n) is 3.87. The number of benzene rings is 2. The number of amides is 2. The Hall–Kier alpha value is -2.05. The van der Waals surface area contributed by atoms with Crippen molar-refractivity contribution in [3.8, 4) is 0 Å². The van der Waals surface area contributed by atoms with Gasteiger partial charge in [-0.15, -0.1) is 11.8 Å². The predicted octanol–water partition coefficient (Wildman–Crippen LogP) is 4.41. The van der Waals surface area contributed by atoms with Gasteiger partial charge < -0.3 is 9.80 Å². The fourth-order valence-corrected chi connectivity index (χ4v) is 5.53. The second kappa shape index (κ2) is 7.08. The second-order valence-corrected chi connectivity index (χ2v) is 8.98. The number of thioether (sulfide) groups is 1. The minimum atomic E-state index is -1.21. The van der Waals surface area contributed by atoms with Crippen LogP contribution < -0.4 is 4.90 Å². The van der Waals surface area contributed by atoms with Crippen molar-refractivity contribution < 1.29 is 14.0 Å². The molecule has 2 aliphatic heterocycles. The highest BCUT2D eigenvalue weighted by Gasteiger charge is 2.59. The molecule has 0 N–H and O–H groups in total. The molecule has 0 saturated carbocycles. The monoisotopic (exact) mass is 418 g/mol. The SMILES string of the molecule is CC(C)C(=O)N1CCS[C@]12C(=O)N(Cc1ccccc1Cl)c1ccc(F)cc12. The van der Waals surface area contributed by atoms with Gasteiger partial charge in [0.25, 0.3) is 5.91 Å². The molecule has 7 heteroatoms. The van der Waals surface area contributed by atoms with Crippen LogP contribution in [0.2, 0.25) is 5.02 Å². The lowest BCUT2D eigenvalue weighted by atomic mass is 10.0. The third-order valence-corrected chi connectivity index (χ3v) is 6.99. The Kier molecular flexibility index (Phi) is 4.88. The van der Waals surface area contributed by atoms with Gasteiger partial charge in [-0.05, 0) is 29.8 Å². The van der Waals surface area contributed by atoms with Crippen LogP contribution in [-0.4, -0.2) is 29.0 Å². The van der Waals surface area contributed by atoms with Crippen LogP contribution in [0.1, 0.15) is 25.0 Å². The number of carbonyl (C=O) groups excluding carboxylic acids is 2. The lowest BCUT2D eigenvalue weighted by Gasteiger charge is -2.34. The topological polar surface area (TPSA) is 40.6 Å². The molecule has 4 rings (SSSR count). The third-order valence-electron chi connectivity index (χ3n) is 5.20. The molecule has 0 radical (unpaired) electrons. The molecule has 0 aliphatic carbocycles. The van der Waals surface area contributed by atoms with E-state index >= 15 is 0 Å². The molecule has 2 heterocycles. The minimum Gasteiger partial charge on any atom is -0.315 e. The quantitative estimate of drug-likeness (QED) is 0.741. The number of hydrogen-bond acceptors (Lipinski definition) is 3. The number of rotatable bonds is 3. The molecule has 1 atom stereocenters. The summed E-state index contributed by atoms with van der Waals surface area (Å²) in [5.74, 6) is -0.370. The van der Waals surface area contributed by atoms with E-state index in [1.54, 1.807) is 21.9 Å². The van der Waals surface area contributed by atoms with E-state index in [1.807, 2.05) is 32.0 Å². The van der Waals surface area contributed by atoms with E-state index in [1.165, 1.54) is 23.9 Å². The number of halogens is 2. The number of carbonyl (C=O) groups is 2. The van der Waals surface area contributed by atoms with Crippen molar-refractivity contribution in [2.45, 2.75) is 25.3 Å². The summed E-state index contributed by atoms with van der Waals surface area (Å²) in [6.45, 7) is 4.35. The summed E-state index contributed by atoms with van der Waals surface area (Å²) in [4.78, 5) is 28.6. The van der Waals surface area contributed by atoms with Gasteiger partial charge in [0.05, 0.1) is 12.2 Å². The van der Waals surface area contributed by atoms with Crippen LogP contribution in [0.5, 0.6) is 0 Å². The first-order valence-corrected chi connectivity index (χ1v) is 10.5. The van der Waals surface area contributed by atoms with Crippen molar-refractivity contribution in [3.63, 3.8) is 0 Å². The first kappa shape index (κ1) is 19.3. The molecule has 1 fully saturated rings. The standard InChI is InChI=1S/C21H20ClFN2O2S/c1-13(2)19(26)25-9-10-28-21(25)16-11-15(23)7-8-18(16)24(20(21)27)12-14-5-3-4-6-17(14)22/h3-8,11,13H,9-10,12H2,1-2H3/t21-/m1/s1. The Morgan fingerprint density at radius 2 is 2.04 bits per heavy atom. The Labute approximate surface area is 172 Å². The van der Waals surface area contributed by atoms with Crippen LogP contribution in [0.4, 0.5) is 10.1 Å². The molecular formula is C21H20ClFN2O2S. The maximum atomic E-state index is 14.2. The van der Waals surface area contributed by atoms with Crippen molar-refractivity contribution in [1.29, 1.82) is 0 Å². The molecule has 4 nitrogen and oxygen atoms in total. The normalized spacial score (nSPS) is 21.1. The van der Waals surface area contributed by atoms with Gasteiger partial charge in [0.15, 0.2) is 4.87 Å². The lowest BCUT2D eigenvalue weighted by Crippen LogP contribution is -2.51. The first-order valence-electron chi connectivity index (χ1n) is 9.17. The minimum absolute atomic E-state index is 0.104. The smallest absolute Gasteiger partial charge is 0.268 e. The van der Waals surface area contributed by atoms with Gasteiger partial charge in [-0.2, -0.15) is 0 Å². The highest BCUT2D eigenvalue weighted by molar-refractivity contribution is 8.01. The van der Waals surface area contributed by atoms with Gasteiger partial charge in [-0.3, -0.25) is 9.59 Å². The molecule has 0 aromatic heterocycles. The van der Waals surface area contributed by atoms with E-state index in [0.29, 0.717) is 28.6 Å². The highest BCUT2D eigenvalue weighted by atomic mass is 35.5. The van der Waals surface area contributed by atoms with E-state index in [9.17, 15) is 14.0 Å². The summed E-state index contributed by atoms with van der Waals surface area (Å²) in [6.07, 6.45) is 0. The van der Waals surface area contributed by atoms with Crippen molar-refractivity contribution in [1.82, 2.24) is 4.90 Å². The van der Waals surface area contributed by atoms with Gasteiger partial charge in [-0.1, -0.05) is 43.6 Å².